The molecule has 0 fully saturated rings. The Balaban J connectivity index is 1.33. The third kappa shape index (κ3) is 4.85. The largest absolute Gasteiger partial charge is 0.0622 e. The maximum absolute atomic E-state index is 2.55. The van der Waals surface area contributed by atoms with Crippen molar-refractivity contribution in [1.29, 1.82) is 0 Å². The van der Waals surface area contributed by atoms with Crippen LogP contribution in [0.2, 0.25) is 0 Å². The number of rotatable bonds is 4. The number of hydrogen-bond acceptors (Lipinski definition) is 0. The van der Waals surface area contributed by atoms with Gasteiger partial charge in [0.1, 0.15) is 0 Å². The highest BCUT2D eigenvalue weighted by Gasteiger charge is 2.36. The molecule has 1 aliphatic rings. The lowest BCUT2D eigenvalue weighted by Crippen LogP contribution is -2.14. The molecule has 0 bridgehead atoms. The highest BCUT2D eigenvalue weighted by molar-refractivity contribution is 6.26. The molecular formula is C55H38. The quantitative estimate of drug-likeness (QED) is 0.127. The number of hydrogen-bond donors (Lipinski definition) is 0. The molecule has 0 nitrogen and oxygen atoms in total. The lowest BCUT2D eigenvalue weighted by atomic mass is 9.78. The fourth-order valence-corrected chi connectivity index (χ4v) is 9.60. The van der Waals surface area contributed by atoms with Gasteiger partial charge in [-0.05, 0) is 146 Å². The molecule has 0 N–H and O–H groups in total. The van der Waals surface area contributed by atoms with Gasteiger partial charge >= 0.3 is 0 Å². The fraction of sp³-hybridized carbons (Fsp3) is 0.0545. The maximum Gasteiger partial charge on any atom is 0.0159 e. The van der Waals surface area contributed by atoms with E-state index in [2.05, 4.69) is 208 Å². The first-order valence-corrected chi connectivity index (χ1v) is 19.3. The van der Waals surface area contributed by atoms with E-state index in [0.717, 1.165) is 0 Å². The second-order valence-electron chi connectivity index (χ2n) is 15.6. The molecule has 0 atom stereocenters. The second-order valence-corrected chi connectivity index (χ2v) is 15.6. The Kier molecular flexibility index (Phi) is 7.00. The van der Waals surface area contributed by atoms with E-state index in [-0.39, 0.29) is 5.41 Å². The monoisotopic (exact) mass is 698 g/mol. The highest BCUT2D eigenvalue weighted by atomic mass is 14.4. The van der Waals surface area contributed by atoms with Crippen LogP contribution >= 0.6 is 0 Å². The molecule has 0 heteroatoms. The Morgan fingerprint density at radius 2 is 0.782 bits per heavy atom. The van der Waals surface area contributed by atoms with Crippen LogP contribution in [0.4, 0.5) is 0 Å². The van der Waals surface area contributed by atoms with Crippen LogP contribution in [0.25, 0.3) is 98.7 Å². The minimum Gasteiger partial charge on any atom is -0.0622 e. The number of fused-ring (bicyclic) bond motifs is 8. The van der Waals surface area contributed by atoms with Gasteiger partial charge < -0.3 is 0 Å². The van der Waals surface area contributed by atoms with Gasteiger partial charge in [-0.2, -0.15) is 0 Å². The Hall–Kier alpha value is -6.76. The molecule has 258 valence electrons. The van der Waals surface area contributed by atoms with Crippen molar-refractivity contribution in [2.45, 2.75) is 19.3 Å². The molecular weight excluding hydrogens is 661 g/mol. The fourth-order valence-electron chi connectivity index (χ4n) is 9.60. The van der Waals surface area contributed by atoms with Crippen LogP contribution in [0, 0.1) is 0 Å². The van der Waals surface area contributed by atoms with Gasteiger partial charge in [0.25, 0.3) is 0 Å². The van der Waals surface area contributed by atoms with Crippen molar-refractivity contribution in [3.63, 3.8) is 0 Å². The van der Waals surface area contributed by atoms with E-state index in [4.69, 9.17) is 0 Å². The third-order valence-corrected chi connectivity index (χ3v) is 12.2. The molecule has 0 radical (unpaired) electrons. The lowest BCUT2D eigenvalue weighted by molar-refractivity contribution is 0.661. The van der Waals surface area contributed by atoms with E-state index in [9.17, 15) is 0 Å². The summed E-state index contributed by atoms with van der Waals surface area (Å²) in [6.07, 6.45) is 0. The standard InChI is InChI=1S/C55H38/c1-55(2)51-28-16-15-25-44(51)47-33-49-50(34-52(47)55)53(40-30-38(35-17-5-3-6-18-35)29-39(31-40)36-19-7-4-8-20-36)45-26-13-14-27-46(45)54(49)48-32-37-21-9-10-22-41(37)42-23-11-12-24-43(42)48/h3-34H,1-2H3. The smallest absolute Gasteiger partial charge is 0.0159 e. The van der Waals surface area contributed by atoms with Crippen molar-refractivity contribution in [2.75, 3.05) is 0 Å². The van der Waals surface area contributed by atoms with Crippen molar-refractivity contribution in [3.05, 3.63) is 205 Å². The minimum atomic E-state index is -0.139. The molecule has 10 aromatic carbocycles. The maximum atomic E-state index is 2.55. The molecule has 0 unspecified atom stereocenters. The first-order chi connectivity index (χ1) is 27.0. The van der Waals surface area contributed by atoms with Gasteiger partial charge in [0.15, 0.2) is 0 Å². The molecule has 1 aliphatic carbocycles. The van der Waals surface area contributed by atoms with Crippen LogP contribution in [0.1, 0.15) is 25.0 Å². The molecule has 11 rings (SSSR count). The topological polar surface area (TPSA) is 0 Å². The lowest BCUT2D eigenvalue weighted by Gasteiger charge is -2.24. The zero-order valence-electron chi connectivity index (χ0n) is 31.0. The molecule has 0 aromatic heterocycles. The first-order valence-electron chi connectivity index (χ1n) is 19.3. The van der Waals surface area contributed by atoms with E-state index in [1.54, 1.807) is 0 Å². The van der Waals surface area contributed by atoms with E-state index in [0.29, 0.717) is 0 Å². The summed E-state index contributed by atoms with van der Waals surface area (Å²) in [7, 11) is 0. The molecule has 10 aromatic rings. The van der Waals surface area contributed by atoms with E-state index in [1.165, 1.54) is 110 Å². The normalized spacial score (nSPS) is 13.1. The Morgan fingerprint density at radius 3 is 1.47 bits per heavy atom. The van der Waals surface area contributed by atoms with Gasteiger partial charge in [-0.3, -0.25) is 0 Å². The van der Waals surface area contributed by atoms with Crippen LogP contribution in [0.15, 0.2) is 194 Å². The van der Waals surface area contributed by atoms with Gasteiger partial charge in [-0.15, -0.1) is 0 Å². The summed E-state index contributed by atoms with van der Waals surface area (Å²) in [4.78, 5) is 0. The van der Waals surface area contributed by atoms with Gasteiger partial charge in [-0.25, -0.2) is 0 Å². The highest BCUT2D eigenvalue weighted by Crippen LogP contribution is 2.54. The predicted octanol–water partition coefficient (Wildman–Crippen LogP) is 15.3. The Bertz CT molecular complexity index is 3090. The molecule has 55 heavy (non-hydrogen) atoms. The van der Waals surface area contributed by atoms with Crippen LogP contribution in [-0.4, -0.2) is 0 Å². The average Bonchev–Trinajstić information content (AvgIpc) is 3.47. The van der Waals surface area contributed by atoms with Gasteiger partial charge in [-0.1, -0.05) is 172 Å². The second kappa shape index (κ2) is 12.1. The molecule has 0 amide bonds. The van der Waals surface area contributed by atoms with Crippen molar-refractivity contribution >= 4 is 43.1 Å². The summed E-state index contributed by atoms with van der Waals surface area (Å²) in [6, 6.07) is 72.3. The van der Waals surface area contributed by atoms with E-state index in [1.807, 2.05) is 0 Å². The summed E-state index contributed by atoms with van der Waals surface area (Å²) < 4.78 is 0. The summed E-state index contributed by atoms with van der Waals surface area (Å²) in [5.41, 5.74) is 15.2. The summed E-state index contributed by atoms with van der Waals surface area (Å²) in [6.45, 7) is 4.79. The Labute approximate surface area is 322 Å². The Morgan fingerprint density at radius 1 is 0.273 bits per heavy atom. The van der Waals surface area contributed by atoms with Gasteiger partial charge in [0.05, 0.1) is 0 Å². The zero-order chi connectivity index (χ0) is 36.7. The average molecular weight is 699 g/mol. The SMILES string of the molecule is CC1(C)c2ccccc2-c2cc3c(-c4cc5ccccc5c5ccccc45)c4ccccc4c(-c4cc(-c5ccccc5)cc(-c5ccccc5)c4)c3cc21. The van der Waals surface area contributed by atoms with Crippen molar-refractivity contribution < 1.29 is 0 Å². The molecule has 0 saturated heterocycles. The number of benzene rings is 10. The summed E-state index contributed by atoms with van der Waals surface area (Å²) in [5.74, 6) is 0. The van der Waals surface area contributed by atoms with Gasteiger partial charge in [0.2, 0.25) is 0 Å². The van der Waals surface area contributed by atoms with Crippen molar-refractivity contribution in [2.24, 2.45) is 0 Å². The van der Waals surface area contributed by atoms with E-state index < -0.39 is 0 Å². The predicted molar refractivity (Wildman–Crippen MR) is 236 cm³/mol. The van der Waals surface area contributed by atoms with Crippen LogP contribution in [-0.2, 0) is 5.41 Å². The minimum absolute atomic E-state index is 0.139. The van der Waals surface area contributed by atoms with Crippen LogP contribution in [0.3, 0.4) is 0 Å². The van der Waals surface area contributed by atoms with Crippen molar-refractivity contribution in [1.82, 2.24) is 0 Å². The molecule has 0 spiro atoms. The zero-order valence-corrected chi connectivity index (χ0v) is 31.0. The van der Waals surface area contributed by atoms with Crippen LogP contribution in [0.5, 0.6) is 0 Å². The molecule has 0 aliphatic heterocycles. The van der Waals surface area contributed by atoms with E-state index >= 15 is 0 Å². The molecule has 0 saturated carbocycles. The third-order valence-electron chi connectivity index (χ3n) is 12.2. The van der Waals surface area contributed by atoms with Crippen LogP contribution < -0.4 is 0 Å². The first kappa shape index (κ1) is 31.7. The van der Waals surface area contributed by atoms with Crippen molar-refractivity contribution in [3.8, 4) is 55.6 Å². The summed E-state index contributed by atoms with van der Waals surface area (Å²) >= 11 is 0. The van der Waals surface area contributed by atoms with Gasteiger partial charge in [0, 0.05) is 5.41 Å². The summed E-state index contributed by atoms with van der Waals surface area (Å²) in [5, 5.41) is 10.2. The molecule has 0 heterocycles.